The predicted octanol–water partition coefficient (Wildman–Crippen LogP) is 2.45. The van der Waals surface area contributed by atoms with Crippen LogP contribution in [-0.4, -0.2) is 21.1 Å². The van der Waals surface area contributed by atoms with E-state index in [0.29, 0.717) is 0 Å². The van der Waals surface area contributed by atoms with Gasteiger partial charge in [0.25, 0.3) is 5.91 Å². The smallest absolute Gasteiger partial charge is 0.289 e. The van der Waals surface area contributed by atoms with Gasteiger partial charge in [0.05, 0.1) is 6.04 Å². The van der Waals surface area contributed by atoms with Crippen LogP contribution in [0.5, 0.6) is 0 Å². The van der Waals surface area contributed by atoms with Crippen molar-refractivity contribution in [3.05, 3.63) is 60.2 Å². The molecule has 2 N–H and O–H groups in total. The van der Waals surface area contributed by atoms with Gasteiger partial charge in [-0.2, -0.15) is 5.10 Å². The molecule has 5 heteroatoms. The minimum atomic E-state index is -0.261. The second-order valence-electron chi connectivity index (χ2n) is 4.60. The summed E-state index contributed by atoms with van der Waals surface area (Å²) in [5, 5.41) is 11.4. The maximum atomic E-state index is 12.0. The van der Waals surface area contributed by atoms with Crippen LogP contribution in [0.15, 0.2) is 48.8 Å². The average molecular weight is 266 g/mol. The lowest BCUT2D eigenvalue weighted by Crippen LogP contribution is -2.27. The molecule has 0 spiro atoms. The lowest BCUT2D eigenvalue weighted by Gasteiger charge is -2.15. The van der Waals surface area contributed by atoms with Crippen LogP contribution in [0.4, 0.5) is 0 Å². The van der Waals surface area contributed by atoms with Gasteiger partial charge in [0.2, 0.25) is 5.82 Å². The van der Waals surface area contributed by atoms with E-state index in [-0.39, 0.29) is 17.8 Å². The third-order valence-electron chi connectivity index (χ3n) is 3.27. The van der Waals surface area contributed by atoms with Gasteiger partial charge in [-0.25, -0.2) is 4.98 Å². The van der Waals surface area contributed by atoms with Crippen molar-refractivity contribution in [1.29, 1.82) is 0 Å². The molecule has 2 aromatic carbocycles. The largest absolute Gasteiger partial charge is 0.343 e. The molecule has 20 heavy (non-hydrogen) atoms. The van der Waals surface area contributed by atoms with Crippen molar-refractivity contribution in [2.24, 2.45) is 0 Å². The lowest BCUT2D eigenvalue weighted by atomic mass is 10.00. The number of rotatable bonds is 3. The van der Waals surface area contributed by atoms with Gasteiger partial charge in [0, 0.05) is 0 Å². The van der Waals surface area contributed by atoms with E-state index in [0.717, 1.165) is 16.3 Å². The Kier molecular flexibility index (Phi) is 3.16. The highest BCUT2D eigenvalue weighted by atomic mass is 16.2. The molecule has 3 aromatic rings. The topological polar surface area (TPSA) is 70.7 Å². The molecule has 1 amide bonds. The number of hydrogen-bond acceptors (Lipinski definition) is 3. The molecule has 1 unspecified atom stereocenters. The molecule has 100 valence electrons. The molecule has 0 saturated carbocycles. The molecule has 0 aliphatic heterocycles. The molecule has 0 bridgehead atoms. The number of fused-ring (bicyclic) bond motifs is 1. The summed E-state index contributed by atoms with van der Waals surface area (Å²) < 4.78 is 0. The van der Waals surface area contributed by atoms with Crippen molar-refractivity contribution in [2.45, 2.75) is 13.0 Å². The fourth-order valence-corrected chi connectivity index (χ4v) is 2.29. The normalized spacial score (nSPS) is 12.2. The first-order valence-corrected chi connectivity index (χ1v) is 6.39. The zero-order valence-electron chi connectivity index (χ0n) is 11.0. The highest BCUT2D eigenvalue weighted by Gasteiger charge is 2.15. The molecule has 0 saturated heterocycles. The van der Waals surface area contributed by atoms with Crippen LogP contribution in [0.3, 0.4) is 0 Å². The number of nitrogens with zero attached hydrogens (tertiary/aromatic N) is 2. The van der Waals surface area contributed by atoms with Crippen molar-refractivity contribution >= 4 is 16.7 Å². The molecular formula is C15H14N4O. The Morgan fingerprint density at radius 1 is 1.20 bits per heavy atom. The fraction of sp³-hybridized carbons (Fsp3) is 0.133. The fourth-order valence-electron chi connectivity index (χ4n) is 2.29. The van der Waals surface area contributed by atoms with E-state index in [1.54, 1.807) is 0 Å². The average Bonchev–Trinajstić information content (AvgIpc) is 3.01. The molecule has 1 heterocycles. The summed E-state index contributed by atoms with van der Waals surface area (Å²) in [7, 11) is 0. The summed E-state index contributed by atoms with van der Waals surface area (Å²) in [6.45, 7) is 1.95. The van der Waals surface area contributed by atoms with E-state index in [1.165, 1.54) is 6.33 Å². The van der Waals surface area contributed by atoms with Gasteiger partial charge in [-0.05, 0) is 23.3 Å². The Morgan fingerprint density at radius 2 is 2.00 bits per heavy atom. The van der Waals surface area contributed by atoms with Crippen molar-refractivity contribution in [3.63, 3.8) is 0 Å². The Hall–Kier alpha value is -2.69. The predicted molar refractivity (Wildman–Crippen MR) is 76.2 cm³/mol. The highest BCUT2D eigenvalue weighted by molar-refractivity contribution is 5.91. The van der Waals surface area contributed by atoms with Crippen LogP contribution in [-0.2, 0) is 0 Å². The number of H-pyrrole nitrogens is 1. The van der Waals surface area contributed by atoms with Crippen LogP contribution in [0.1, 0.15) is 29.1 Å². The standard InChI is InChI=1S/C15H14N4O/c1-10(18-15(20)14-16-9-17-19-14)12-8-4-6-11-5-2-3-7-13(11)12/h2-10H,1H3,(H,18,20)(H,16,17,19). The van der Waals surface area contributed by atoms with Crippen LogP contribution in [0.2, 0.25) is 0 Å². The molecule has 1 aromatic heterocycles. The van der Waals surface area contributed by atoms with Gasteiger partial charge < -0.3 is 5.32 Å². The number of carbonyl (C=O) groups is 1. The van der Waals surface area contributed by atoms with Crippen molar-refractivity contribution in [3.8, 4) is 0 Å². The monoisotopic (exact) mass is 266 g/mol. The Bertz CT molecular complexity index is 731. The third-order valence-corrected chi connectivity index (χ3v) is 3.27. The van der Waals surface area contributed by atoms with E-state index < -0.39 is 0 Å². The zero-order chi connectivity index (χ0) is 13.9. The summed E-state index contributed by atoms with van der Waals surface area (Å²) in [4.78, 5) is 15.8. The molecule has 5 nitrogen and oxygen atoms in total. The number of benzene rings is 2. The summed E-state index contributed by atoms with van der Waals surface area (Å²) in [6.07, 6.45) is 1.32. The van der Waals surface area contributed by atoms with Gasteiger partial charge in [-0.3, -0.25) is 9.89 Å². The Morgan fingerprint density at radius 3 is 2.80 bits per heavy atom. The highest BCUT2D eigenvalue weighted by Crippen LogP contribution is 2.24. The first-order chi connectivity index (χ1) is 9.75. The number of nitrogens with one attached hydrogen (secondary N) is 2. The van der Waals surface area contributed by atoms with E-state index in [2.05, 4.69) is 38.7 Å². The lowest BCUT2D eigenvalue weighted by molar-refractivity contribution is 0.0930. The van der Waals surface area contributed by atoms with E-state index in [1.807, 2.05) is 31.2 Å². The van der Waals surface area contributed by atoms with Crippen LogP contribution >= 0.6 is 0 Å². The second-order valence-corrected chi connectivity index (χ2v) is 4.60. The van der Waals surface area contributed by atoms with Crippen molar-refractivity contribution < 1.29 is 4.79 Å². The van der Waals surface area contributed by atoms with E-state index in [4.69, 9.17) is 0 Å². The molecular weight excluding hydrogens is 252 g/mol. The number of amides is 1. The third kappa shape index (κ3) is 2.25. The Labute approximate surface area is 116 Å². The summed E-state index contributed by atoms with van der Waals surface area (Å²) in [5.41, 5.74) is 1.08. The number of aromatic nitrogens is 3. The molecule has 1 atom stereocenters. The quantitative estimate of drug-likeness (QED) is 0.765. The molecule has 3 rings (SSSR count). The SMILES string of the molecule is CC(NC(=O)c1ncn[nH]1)c1cccc2ccccc12. The minimum Gasteiger partial charge on any atom is -0.343 e. The number of aromatic amines is 1. The van der Waals surface area contributed by atoms with E-state index >= 15 is 0 Å². The van der Waals surface area contributed by atoms with E-state index in [9.17, 15) is 4.79 Å². The van der Waals surface area contributed by atoms with Gasteiger partial charge in [0.15, 0.2) is 0 Å². The van der Waals surface area contributed by atoms with Crippen molar-refractivity contribution in [1.82, 2.24) is 20.5 Å². The van der Waals surface area contributed by atoms with Gasteiger partial charge in [-0.1, -0.05) is 42.5 Å². The second kappa shape index (κ2) is 5.13. The van der Waals surface area contributed by atoms with Crippen LogP contribution in [0.25, 0.3) is 10.8 Å². The van der Waals surface area contributed by atoms with Gasteiger partial charge in [0.1, 0.15) is 6.33 Å². The molecule has 0 fully saturated rings. The summed E-state index contributed by atoms with van der Waals surface area (Å²) in [5.74, 6) is -0.0416. The van der Waals surface area contributed by atoms with Crippen LogP contribution < -0.4 is 5.32 Å². The first kappa shape index (κ1) is 12.3. The first-order valence-electron chi connectivity index (χ1n) is 6.39. The Balaban J connectivity index is 1.89. The van der Waals surface area contributed by atoms with Crippen LogP contribution in [0, 0.1) is 0 Å². The number of carbonyl (C=O) groups excluding carboxylic acids is 1. The minimum absolute atomic E-state index is 0.112. The summed E-state index contributed by atoms with van der Waals surface area (Å²) in [6, 6.07) is 14.1. The molecule has 0 aliphatic carbocycles. The maximum absolute atomic E-state index is 12.0. The molecule has 0 aliphatic rings. The number of hydrogen-bond donors (Lipinski definition) is 2. The van der Waals surface area contributed by atoms with Gasteiger partial charge in [-0.15, -0.1) is 0 Å². The van der Waals surface area contributed by atoms with Gasteiger partial charge >= 0.3 is 0 Å². The maximum Gasteiger partial charge on any atom is 0.289 e. The zero-order valence-corrected chi connectivity index (χ0v) is 11.0. The van der Waals surface area contributed by atoms with Crippen molar-refractivity contribution in [2.75, 3.05) is 0 Å². The molecule has 0 radical (unpaired) electrons. The summed E-state index contributed by atoms with van der Waals surface area (Å²) >= 11 is 0.